The molecule has 0 N–H and O–H groups in total. The second-order valence-corrected chi connectivity index (χ2v) is 3.38. The molecule has 0 saturated carbocycles. The van der Waals surface area contributed by atoms with E-state index in [4.69, 9.17) is 11.6 Å². The molecule has 1 heteroatoms. The summed E-state index contributed by atoms with van der Waals surface area (Å²) in [6.45, 7) is 0. The minimum absolute atomic E-state index is 1.00. The monoisotopic (exact) mass is 212 g/mol. The lowest BCUT2D eigenvalue weighted by Crippen LogP contribution is -1.75. The molecule has 2 aromatic carbocycles. The minimum atomic E-state index is 1.00. The van der Waals surface area contributed by atoms with Gasteiger partial charge in [0, 0.05) is 11.1 Å². The van der Waals surface area contributed by atoms with E-state index in [2.05, 4.69) is 36.1 Å². The molecule has 0 spiro atoms. The molecule has 0 radical (unpaired) electrons. The fraction of sp³-hybridized carbons (Fsp3) is 0. The van der Waals surface area contributed by atoms with Crippen LogP contribution in [0.1, 0.15) is 5.56 Å². The third kappa shape index (κ3) is 2.40. The van der Waals surface area contributed by atoms with Crippen molar-refractivity contribution in [3.05, 3.63) is 59.6 Å². The zero-order valence-electron chi connectivity index (χ0n) is 8.07. The lowest BCUT2D eigenvalue weighted by Gasteiger charge is -1.96. The van der Waals surface area contributed by atoms with Crippen LogP contribution in [0.25, 0.3) is 10.8 Å². The maximum Gasteiger partial charge on any atom is 0.0255 e. The minimum Gasteiger partial charge on any atom is -0.0923 e. The van der Waals surface area contributed by atoms with Crippen molar-refractivity contribution in [2.24, 2.45) is 0 Å². The Labute approximate surface area is 94.2 Å². The van der Waals surface area contributed by atoms with Gasteiger partial charge in [-0.3, -0.25) is 0 Å². The molecule has 0 unspecified atom stereocenters. The molecule has 0 heterocycles. The quantitative estimate of drug-likeness (QED) is 0.581. The van der Waals surface area contributed by atoms with Crippen molar-refractivity contribution in [2.45, 2.75) is 0 Å². The van der Waals surface area contributed by atoms with Crippen LogP contribution in [-0.2, 0) is 0 Å². The molecular weight excluding hydrogens is 204 g/mol. The molecular formula is C14H9Cl. The molecule has 0 aliphatic carbocycles. The topological polar surface area (TPSA) is 0 Å². The average Bonchev–Trinajstić information content (AvgIpc) is 2.29. The van der Waals surface area contributed by atoms with E-state index in [0.29, 0.717) is 0 Å². The summed E-state index contributed by atoms with van der Waals surface area (Å²) in [5, 5.41) is 2.44. The fourth-order valence-electron chi connectivity index (χ4n) is 1.42. The van der Waals surface area contributed by atoms with Crippen LogP contribution < -0.4 is 0 Å². The Morgan fingerprint density at radius 3 is 2.60 bits per heavy atom. The summed E-state index contributed by atoms with van der Waals surface area (Å²) >= 11 is 5.38. The van der Waals surface area contributed by atoms with Gasteiger partial charge in [0.05, 0.1) is 0 Å². The van der Waals surface area contributed by atoms with E-state index in [1.54, 1.807) is 6.08 Å². The fourth-order valence-corrected chi connectivity index (χ4v) is 1.49. The second kappa shape index (κ2) is 4.68. The van der Waals surface area contributed by atoms with Gasteiger partial charge in [-0.05, 0) is 29.0 Å². The number of fused-ring (bicyclic) bond motifs is 1. The largest absolute Gasteiger partial charge is 0.0923 e. The number of benzene rings is 2. The van der Waals surface area contributed by atoms with E-state index < -0.39 is 0 Å². The van der Waals surface area contributed by atoms with Crippen molar-refractivity contribution in [1.82, 2.24) is 0 Å². The van der Waals surface area contributed by atoms with E-state index in [0.717, 1.165) is 5.56 Å². The van der Waals surface area contributed by atoms with Gasteiger partial charge in [-0.25, -0.2) is 0 Å². The van der Waals surface area contributed by atoms with Gasteiger partial charge in [-0.15, -0.1) is 0 Å². The van der Waals surface area contributed by atoms with Gasteiger partial charge in [0.15, 0.2) is 0 Å². The Kier molecular flexibility index (Phi) is 3.07. The molecule has 15 heavy (non-hydrogen) atoms. The number of rotatable bonds is 0. The molecule has 0 aliphatic rings. The smallest absolute Gasteiger partial charge is 0.0255 e. The summed E-state index contributed by atoms with van der Waals surface area (Å²) in [5.41, 5.74) is 2.41. The highest BCUT2D eigenvalue weighted by molar-refractivity contribution is 6.25. The van der Waals surface area contributed by atoms with Gasteiger partial charge >= 0.3 is 0 Å². The Hall–Kier alpha value is -1.71. The van der Waals surface area contributed by atoms with Crippen molar-refractivity contribution in [1.29, 1.82) is 0 Å². The van der Waals surface area contributed by atoms with Gasteiger partial charge in [-0.2, -0.15) is 0 Å². The normalized spacial score (nSPS) is 10.2. The lowest BCUT2D eigenvalue weighted by molar-refractivity contribution is 1.70. The number of halogens is 1. The Morgan fingerprint density at radius 1 is 1.00 bits per heavy atom. The maximum absolute atomic E-state index is 5.38. The van der Waals surface area contributed by atoms with Crippen molar-refractivity contribution in [3.63, 3.8) is 0 Å². The Balaban J connectivity index is 2.44. The zero-order chi connectivity index (χ0) is 10.5. The molecule has 0 atom stereocenters. The van der Waals surface area contributed by atoms with Crippen LogP contribution in [0.5, 0.6) is 0 Å². The van der Waals surface area contributed by atoms with Gasteiger partial charge in [0.2, 0.25) is 0 Å². The van der Waals surface area contributed by atoms with E-state index >= 15 is 0 Å². The molecule has 0 amide bonds. The molecule has 0 aliphatic heterocycles. The average molecular weight is 213 g/mol. The van der Waals surface area contributed by atoms with E-state index in [9.17, 15) is 0 Å². The van der Waals surface area contributed by atoms with E-state index in [1.165, 1.54) is 16.3 Å². The van der Waals surface area contributed by atoms with Crippen molar-refractivity contribution < 1.29 is 0 Å². The highest BCUT2D eigenvalue weighted by Crippen LogP contribution is 2.14. The van der Waals surface area contributed by atoms with Crippen LogP contribution >= 0.6 is 11.6 Å². The summed E-state index contributed by atoms with van der Waals surface area (Å²) < 4.78 is 0. The third-order valence-corrected chi connectivity index (χ3v) is 2.24. The summed E-state index contributed by atoms with van der Waals surface area (Å²) in [4.78, 5) is 0. The number of allylic oxidation sites excluding steroid dienone is 1. The molecule has 72 valence electrons. The Morgan fingerprint density at radius 2 is 1.80 bits per heavy atom. The van der Waals surface area contributed by atoms with E-state index in [1.807, 2.05) is 18.2 Å². The predicted octanol–water partition coefficient (Wildman–Crippen LogP) is 3.94. The summed E-state index contributed by atoms with van der Waals surface area (Å²) in [6, 6.07) is 14.4. The van der Waals surface area contributed by atoms with Gasteiger partial charge in [0.1, 0.15) is 0 Å². The molecule has 0 fully saturated rings. The Bertz CT molecular complexity index is 556. The first-order chi connectivity index (χ1) is 7.40. The number of hydrogen-bond donors (Lipinski definition) is 0. The van der Waals surface area contributed by atoms with Crippen molar-refractivity contribution in [3.8, 4) is 11.8 Å². The van der Waals surface area contributed by atoms with Crippen LogP contribution in [0.3, 0.4) is 0 Å². The molecule has 2 aromatic rings. The molecule has 0 saturated heterocycles. The summed E-state index contributed by atoms with van der Waals surface area (Å²) in [7, 11) is 0. The third-order valence-electron chi connectivity index (χ3n) is 2.11. The molecule has 0 bridgehead atoms. The SMILES string of the molecule is Cl/C=C\C#Cc1ccc2ccccc2c1. The predicted molar refractivity (Wildman–Crippen MR) is 65.8 cm³/mol. The van der Waals surface area contributed by atoms with Crippen molar-refractivity contribution >= 4 is 22.4 Å². The number of hydrogen-bond acceptors (Lipinski definition) is 0. The molecule has 2 rings (SSSR count). The first kappa shape index (κ1) is 9.83. The van der Waals surface area contributed by atoms with Crippen LogP contribution in [0.4, 0.5) is 0 Å². The molecule has 0 aromatic heterocycles. The first-order valence-corrected chi connectivity index (χ1v) is 5.09. The zero-order valence-corrected chi connectivity index (χ0v) is 8.83. The van der Waals surface area contributed by atoms with Crippen LogP contribution in [-0.4, -0.2) is 0 Å². The first-order valence-electron chi connectivity index (χ1n) is 4.66. The standard InChI is InChI=1S/C14H9Cl/c15-10-4-3-5-12-8-9-13-6-1-2-7-14(13)11-12/h1-2,4,6-11H/b10-4-. The van der Waals surface area contributed by atoms with Gasteiger partial charge < -0.3 is 0 Å². The van der Waals surface area contributed by atoms with Crippen LogP contribution in [0, 0.1) is 11.8 Å². The van der Waals surface area contributed by atoms with E-state index in [-0.39, 0.29) is 0 Å². The van der Waals surface area contributed by atoms with Crippen LogP contribution in [0.15, 0.2) is 54.1 Å². The highest BCUT2D eigenvalue weighted by atomic mass is 35.5. The maximum atomic E-state index is 5.38. The summed E-state index contributed by atoms with van der Waals surface area (Å²) in [6.07, 6.45) is 1.62. The van der Waals surface area contributed by atoms with Gasteiger partial charge in [0.25, 0.3) is 0 Å². The van der Waals surface area contributed by atoms with Crippen molar-refractivity contribution in [2.75, 3.05) is 0 Å². The summed E-state index contributed by atoms with van der Waals surface area (Å²) in [5.74, 6) is 5.87. The lowest BCUT2D eigenvalue weighted by atomic mass is 10.1. The molecule has 0 nitrogen and oxygen atoms in total. The highest BCUT2D eigenvalue weighted by Gasteiger charge is 1.91. The second-order valence-electron chi connectivity index (χ2n) is 3.12. The van der Waals surface area contributed by atoms with Crippen LogP contribution in [0.2, 0.25) is 0 Å². The van der Waals surface area contributed by atoms with Gasteiger partial charge in [-0.1, -0.05) is 53.8 Å².